The van der Waals surface area contributed by atoms with Gasteiger partial charge in [-0.15, -0.1) is 0 Å². The van der Waals surface area contributed by atoms with Crippen LogP contribution in [0.5, 0.6) is 0 Å². The normalized spacial score (nSPS) is 21.4. The van der Waals surface area contributed by atoms with E-state index >= 15 is 0 Å². The second-order valence-electron chi connectivity index (χ2n) is 5.51. The highest BCUT2D eigenvalue weighted by atomic mass is 16.3. The van der Waals surface area contributed by atoms with E-state index in [1.54, 1.807) is 6.07 Å². The van der Waals surface area contributed by atoms with E-state index in [1.807, 2.05) is 30.3 Å². The van der Waals surface area contributed by atoms with Crippen molar-refractivity contribution >= 4 is 11.6 Å². The first-order valence-corrected chi connectivity index (χ1v) is 7.34. The van der Waals surface area contributed by atoms with Gasteiger partial charge in [0, 0.05) is 24.1 Å². The molecule has 110 valence electrons. The minimum Gasteiger partial charge on any atom is -0.393 e. The number of aliphatic hydroxyl groups is 1. The molecule has 5 heteroatoms. The summed E-state index contributed by atoms with van der Waals surface area (Å²) in [7, 11) is 0. The van der Waals surface area contributed by atoms with Gasteiger partial charge in [-0.1, -0.05) is 36.8 Å². The van der Waals surface area contributed by atoms with Crippen molar-refractivity contribution in [2.45, 2.75) is 25.4 Å². The number of nitrogen functional groups attached to an aromatic ring is 1. The van der Waals surface area contributed by atoms with Gasteiger partial charge in [0.05, 0.1) is 6.10 Å². The highest BCUT2D eigenvalue weighted by Crippen LogP contribution is 2.26. The number of hydrogen-bond donors (Lipinski definition) is 3. The summed E-state index contributed by atoms with van der Waals surface area (Å²) in [5.41, 5.74) is 6.81. The van der Waals surface area contributed by atoms with Gasteiger partial charge in [0.25, 0.3) is 0 Å². The molecule has 2 unspecified atom stereocenters. The number of nitrogens with one attached hydrogen (secondary N) is 1. The summed E-state index contributed by atoms with van der Waals surface area (Å²) in [5.74, 6) is 2.06. The van der Waals surface area contributed by atoms with Crippen LogP contribution in [0.1, 0.15) is 19.3 Å². The van der Waals surface area contributed by atoms with E-state index in [4.69, 9.17) is 5.73 Å². The Morgan fingerprint density at radius 1 is 1.19 bits per heavy atom. The molecule has 4 N–H and O–H groups in total. The predicted octanol–water partition coefficient (Wildman–Crippen LogP) is 2.30. The number of benzene rings is 1. The lowest BCUT2D eigenvalue weighted by Gasteiger charge is -2.16. The zero-order chi connectivity index (χ0) is 14.7. The third-order valence-corrected chi connectivity index (χ3v) is 3.94. The van der Waals surface area contributed by atoms with Gasteiger partial charge in [0.15, 0.2) is 5.82 Å². The van der Waals surface area contributed by atoms with Gasteiger partial charge >= 0.3 is 0 Å². The van der Waals surface area contributed by atoms with Crippen LogP contribution in [0.15, 0.2) is 36.4 Å². The molecule has 0 bridgehead atoms. The van der Waals surface area contributed by atoms with Crippen LogP contribution in [0.2, 0.25) is 0 Å². The van der Waals surface area contributed by atoms with Crippen molar-refractivity contribution in [3.8, 4) is 11.4 Å². The Morgan fingerprint density at radius 2 is 2.00 bits per heavy atom. The predicted molar refractivity (Wildman–Crippen MR) is 83.7 cm³/mol. The molecule has 0 aliphatic heterocycles. The second-order valence-corrected chi connectivity index (χ2v) is 5.51. The third kappa shape index (κ3) is 3.31. The number of nitrogens with zero attached hydrogens (tertiary/aromatic N) is 2. The Balaban J connectivity index is 1.75. The fraction of sp³-hybridized carbons (Fsp3) is 0.375. The molecule has 2 aromatic rings. The van der Waals surface area contributed by atoms with Crippen LogP contribution in [-0.4, -0.2) is 27.7 Å². The van der Waals surface area contributed by atoms with Gasteiger partial charge in [0.1, 0.15) is 11.6 Å². The van der Waals surface area contributed by atoms with E-state index in [2.05, 4.69) is 15.3 Å². The van der Waals surface area contributed by atoms with Crippen LogP contribution in [0.25, 0.3) is 11.4 Å². The molecule has 0 radical (unpaired) electrons. The molecule has 1 aromatic carbocycles. The number of aromatic nitrogens is 2. The Kier molecular flexibility index (Phi) is 4.01. The summed E-state index contributed by atoms with van der Waals surface area (Å²) in [6, 6.07) is 11.5. The van der Waals surface area contributed by atoms with Crippen LogP contribution in [0.4, 0.5) is 11.6 Å². The van der Waals surface area contributed by atoms with E-state index < -0.39 is 0 Å². The largest absolute Gasteiger partial charge is 0.393 e. The Hall–Kier alpha value is -2.14. The molecule has 0 amide bonds. The molecule has 1 saturated carbocycles. The van der Waals surface area contributed by atoms with Crippen LogP contribution in [-0.2, 0) is 0 Å². The molecule has 1 aliphatic carbocycles. The number of nitrogens with two attached hydrogens (primary N) is 1. The average Bonchev–Trinajstić information content (AvgIpc) is 2.91. The van der Waals surface area contributed by atoms with Gasteiger partial charge in [-0.25, -0.2) is 9.97 Å². The van der Waals surface area contributed by atoms with Gasteiger partial charge in [-0.3, -0.25) is 0 Å². The van der Waals surface area contributed by atoms with Gasteiger partial charge in [-0.05, 0) is 12.8 Å². The molecule has 1 aromatic heterocycles. The summed E-state index contributed by atoms with van der Waals surface area (Å²) in [5, 5.41) is 13.1. The molecule has 1 aliphatic rings. The number of aliphatic hydroxyl groups excluding tert-OH is 1. The van der Waals surface area contributed by atoms with Crippen molar-refractivity contribution in [2.24, 2.45) is 5.92 Å². The summed E-state index contributed by atoms with van der Waals surface area (Å²) in [6.45, 7) is 0.714. The zero-order valence-corrected chi connectivity index (χ0v) is 11.9. The first-order valence-electron chi connectivity index (χ1n) is 7.34. The summed E-state index contributed by atoms with van der Waals surface area (Å²) in [4.78, 5) is 8.78. The Bertz CT molecular complexity index is 602. The monoisotopic (exact) mass is 284 g/mol. The first kappa shape index (κ1) is 13.8. The van der Waals surface area contributed by atoms with E-state index in [1.165, 1.54) is 0 Å². The zero-order valence-electron chi connectivity index (χ0n) is 11.9. The van der Waals surface area contributed by atoms with Crippen molar-refractivity contribution in [1.29, 1.82) is 0 Å². The fourth-order valence-electron chi connectivity index (χ4n) is 2.76. The van der Waals surface area contributed by atoms with Crippen LogP contribution >= 0.6 is 0 Å². The fourth-order valence-corrected chi connectivity index (χ4v) is 2.76. The van der Waals surface area contributed by atoms with Crippen molar-refractivity contribution in [2.75, 3.05) is 17.6 Å². The highest BCUT2D eigenvalue weighted by Gasteiger charge is 2.24. The maximum atomic E-state index is 9.86. The van der Waals surface area contributed by atoms with Crippen LogP contribution < -0.4 is 11.1 Å². The molecular weight excluding hydrogens is 264 g/mol. The molecule has 1 heterocycles. The second kappa shape index (κ2) is 6.10. The van der Waals surface area contributed by atoms with Crippen molar-refractivity contribution in [1.82, 2.24) is 9.97 Å². The van der Waals surface area contributed by atoms with Crippen LogP contribution in [0, 0.1) is 5.92 Å². The molecule has 21 heavy (non-hydrogen) atoms. The van der Waals surface area contributed by atoms with Gasteiger partial charge < -0.3 is 16.2 Å². The average molecular weight is 284 g/mol. The quantitative estimate of drug-likeness (QED) is 0.802. The van der Waals surface area contributed by atoms with E-state index in [0.717, 1.165) is 24.8 Å². The summed E-state index contributed by atoms with van der Waals surface area (Å²) >= 11 is 0. The number of hydrogen-bond acceptors (Lipinski definition) is 5. The third-order valence-electron chi connectivity index (χ3n) is 3.94. The van der Waals surface area contributed by atoms with E-state index in [9.17, 15) is 5.11 Å². The Morgan fingerprint density at radius 3 is 2.71 bits per heavy atom. The standard InChI is InChI=1S/C16H20N4O/c17-14-9-15(18-10-12-7-4-8-13(12)21)20-16(19-14)11-5-2-1-3-6-11/h1-3,5-6,9,12-13,21H,4,7-8,10H2,(H3,17,18,19,20). The van der Waals surface area contributed by atoms with Crippen molar-refractivity contribution < 1.29 is 5.11 Å². The van der Waals surface area contributed by atoms with Gasteiger partial charge in [-0.2, -0.15) is 0 Å². The lowest BCUT2D eigenvalue weighted by atomic mass is 10.1. The smallest absolute Gasteiger partial charge is 0.163 e. The SMILES string of the molecule is Nc1cc(NCC2CCCC2O)nc(-c2ccccc2)n1. The lowest BCUT2D eigenvalue weighted by Crippen LogP contribution is -2.22. The lowest BCUT2D eigenvalue weighted by molar-refractivity contribution is 0.138. The minimum absolute atomic E-state index is 0.203. The van der Waals surface area contributed by atoms with Gasteiger partial charge in [0.2, 0.25) is 0 Å². The van der Waals surface area contributed by atoms with Crippen molar-refractivity contribution in [3.63, 3.8) is 0 Å². The summed E-state index contributed by atoms with van der Waals surface area (Å²) in [6.07, 6.45) is 2.84. The molecule has 5 nitrogen and oxygen atoms in total. The molecule has 1 fully saturated rings. The summed E-state index contributed by atoms with van der Waals surface area (Å²) < 4.78 is 0. The van der Waals surface area contributed by atoms with Crippen LogP contribution in [0.3, 0.4) is 0 Å². The topological polar surface area (TPSA) is 84.1 Å². The first-order chi connectivity index (χ1) is 10.2. The van der Waals surface area contributed by atoms with E-state index in [0.29, 0.717) is 29.9 Å². The molecule has 0 spiro atoms. The minimum atomic E-state index is -0.203. The maximum absolute atomic E-state index is 9.86. The molecule has 0 saturated heterocycles. The number of anilines is 2. The molecular formula is C16H20N4O. The highest BCUT2D eigenvalue weighted by molar-refractivity contribution is 5.60. The maximum Gasteiger partial charge on any atom is 0.163 e. The molecule has 2 atom stereocenters. The van der Waals surface area contributed by atoms with Crippen molar-refractivity contribution in [3.05, 3.63) is 36.4 Å². The molecule has 3 rings (SSSR count). The Labute approximate surface area is 124 Å². The number of rotatable bonds is 4. The van der Waals surface area contributed by atoms with E-state index in [-0.39, 0.29) is 6.10 Å².